The molecule has 0 spiro atoms. The molecular formula is C14H11BrClFO2. The molecule has 1 unspecified atom stereocenters. The smallest absolute Gasteiger partial charge is 0.147 e. The van der Waals surface area contributed by atoms with E-state index < -0.39 is 11.9 Å². The molecule has 2 aromatic rings. The zero-order chi connectivity index (χ0) is 14.0. The van der Waals surface area contributed by atoms with Crippen molar-refractivity contribution >= 4 is 27.5 Å². The van der Waals surface area contributed by atoms with Gasteiger partial charge in [-0.05, 0) is 37.3 Å². The predicted octanol–water partition coefficient (Wildman–Crippen LogP) is 5.09. The minimum absolute atomic E-state index is 0.110. The van der Waals surface area contributed by atoms with Crippen molar-refractivity contribution in [2.75, 3.05) is 0 Å². The van der Waals surface area contributed by atoms with Crippen LogP contribution in [-0.2, 0) is 0 Å². The predicted molar refractivity (Wildman–Crippen MR) is 76.3 cm³/mol. The molecule has 0 aliphatic rings. The largest absolute Gasteiger partial charge is 0.455 e. The molecule has 1 atom stereocenters. The molecule has 0 fully saturated rings. The van der Waals surface area contributed by atoms with Crippen LogP contribution in [0.25, 0.3) is 0 Å². The van der Waals surface area contributed by atoms with E-state index >= 15 is 0 Å². The fourth-order valence-electron chi connectivity index (χ4n) is 1.69. The molecule has 0 aliphatic carbocycles. The van der Waals surface area contributed by atoms with Crippen LogP contribution in [0.4, 0.5) is 4.39 Å². The molecule has 100 valence electrons. The first-order valence-electron chi connectivity index (χ1n) is 5.58. The summed E-state index contributed by atoms with van der Waals surface area (Å²) in [6, 6.07) is 9.50. The number of rotatable bonds is 3. The van der Waals surface area contributed by atoms with Gasteiger partial charge in [0.1, 0.15) is 17.3 Å². The molecule has 0 radical (unpaired) electrons. The number of aliphatic hydroxyl groups excluding tert-OH is 1. The van der Waals surface area contributed by atoms with Crippen LogP contribution in [0.5, 0.6) is 11.5 Å². The third kappa shape index (κ3) is 3.26. The Labute approximate surface area is 123 Å². The van der Waals surface area contributed by atoms with E-state index in [9.17, 15) is 9.50 Å². The van der Waals surface area contributed by atoms with Crippen LogP contribution in [0, 0.1) is 5.82 Å². The Balaban J connectivity index is 2.44. The first kappa shape index (κ1) is 14.3. The Kier molecular flexibility index (Phi) is 4.45. The van der Waals surface area contributed by atoms with E-state index in [1.165, 1.54) is 19.1 Å². The van der Waals surface area contributed by atoms with Gasteiger partial charge in [0.2, 0.25) is 0 Å². The standard InChI is InChI=1S/C14H11BrClFO2/c1-8(18)14-11(17)3-2-4-12(14)19-13-7-9(15)5-6-10(13)16/h2-8,18H,1H3. The topological polar surface area (TPSA) is 29.5 Å². The minimum Gasteiger partial charge on any atom is -0.455 e. The van der Waals surface area contributed by atoms with Crippen molar-refractivity contribution in [3.63, 3.8) is 0 Å². The lowest BCUT2D eigenvalue weighted by Crippen LogP contribution is -2.00. The molecule has 0 bridgehead atoms. The molecule has 0 saturated carbocycles. The molecule has 0 aliphatic heterocycles. The summed E-state index contributed by atoms with van der Waals surface area (Å²) in [5, 5.41) is 10.0. The Morgan fingerprint density at radius 1 is 1.26 bits per heavy atom. The maximum Gasteiger partial charge on any atom is 0.147 e. The van der Waals surface area contributed by atoms with Crippen molar-refractivity contribution in [2.24, 2.45) is 0 Å². The zero-order valence-corrected chi connectivity index (χ0v) is 12.4. The van der Waals surface area contributed by atoms with Gasteiger partial charge in [-0.3, -0.25) is 0 Å². The van der Waals surface area contributed by atoms with Gasteiger partial charge in [0.15, 0.2) is 0 Å². The Morgan fingerprint density at radius 2 is 2.00 bits per heavy atom. The van der Waals surface area contributed by atoms with Crippen LogP contribution in [0.2, 0.25) is 5.02 Å². The van der Waals surface area contributed by atoms with Crippen LogP contribution >= 0.6 is 27.5 Å². The van der Waals surface area contributed by atoms with E-state index in [2.05, 4.69) is 15.9 Å². The maximum atomic E-state index is 13.7. The van der Waals surface area contributed by atoms with Crippen molar-refractivity contribution in [1.29, 1.82) is 0 Å². The van der Waals surface area contributed by atoms with Gasteiger partial charge in [0.25, 0.3) is 0 Å². The van der Waals surface area contributed by atoms with Crippen LogP contribution in [0.15, 0.2) is 40.9 Å². The van der Waals surface area contributed by atoms with Gasteiger partial charge < -0.3 is 9.84 Å². The summed E-state index contributed by atoms with van der Waals surface area (Å²) >= 11 is 9.33. The quantitative estimate of drug-likeness (QED) is 0.840. The molecule has 0 aromatic heterocycles. The number of ether oxygens (including phenoxy) is 1. The van der Waals surface area contributed by atoms with Gasteiger partial charge in [-0.25, -0.2) is 4.39 Å². The summed E-state index contributed by atoms with van der Waals surface area (Å²) in [6.07, 6.45) is -0.970. The molecule has 0 heterocycles. The maximum absolute atomic E-state index is 13.7. The van der Waals surface area contributed by atoms with Gasteiger partial charge in [0, 0.05) is 4.47 Å². The van der Waals surface area contributed by atoms with E-state index in [1.807, 2.05) is 0 Å². The summed E-state index contributed by atoms with van der Waals surface area (Å²) < 4.78 is 20.1. The Morgan fingerprint density at radius 3 is 2.68 bits per heavy atom. The van der Waals surface area contributed by atoms with Crippen LogP contribution in [0.3, 0.4) is 0 Å². The minimum atomic E-state index is -0.970. The number of halogens is 3. The highest BCUT2D eigenvalue weighted by atomic mass is 79.9. The lowest BCUT2D eigenvalue weighted by atomic mass is 10.1. The second-order valence-electron chi connectivity index (χ2n) is 4.00. The van der Waals surface area contributed by atoms with Crippen molar-refractivity contribution < 1.29 is 14.2 Å². The van der Waals surface area contributed by atoms with Crippen LogP contribution < -0.4 is 4.74 Å². The van der Waals surface area contributed by atoms with Crippen molar-refractivity contribution in [2.45, 2.75) is 13.0 Å². The molecule has 0 saturated heterocycles. The zero-order valence-electron chi connectivity index (χ0n) is 10.0. The molecule has 2 rings (SSSR count). The van der Waals surface area contributed by atoms with Gasteiger partial charge in [-0.2, -0.15) is 0 Å². The molecule has 0 amide bonds. The highest BCUT2D eigenvalue weighted by Crippen LogP contribution is 2.36. The first-order valence-corrected chi connectivity index (χ1v) is 6.75. The summed E-state index contributed by atoms with van der Waals surface area (Å²) in [5.74, 6) is 0.122. The molecule has 2 aromatic carbocycles. The molecular weight excluding hydrogens is 335 g/mol. The number of hydrogen-bond acceptors (Lipinski definition) is 2. The van der Waals surface area contributed by atoms with Crippen LogP contribution in [-0.4, -0.2) is 5.11 Å². The van der Waals surface area contributed by atoms with E-state index in [-0.39, 0.29) is 11.3 Å². The second-order valence-corrected chi connectivity index (χ2v) is 5.33. The monoisotopic (exact) mass is 344 g/mol. The third-order valence-electron chi connectivity index (χ3n) is 2.54. The number of aliphatic hydroxyl groups is 1. The lowest BCUT2D eigenvalue weighted by Gasteiger charge is -2.14. The molecule has 2 nitrogen and oxygen atoms in total. The normalized spacial score (nSPS) is 12.3. The van der Waals surface area contributed by atoms with E-state index in [4.69, 9.17) is 16.3 Å². The summed E-state index contributed by atoms with van der Waals surface area (Å²) in [5.41, 5.74) is 0.110. The van der Waals surface area contributed by atoms with Gasteiger partial charge in [-0.1, -0.05) is 33.6 Å². The average Bonchev–Trinajstić information content (AvgIpc) is 2.33. The fraction of sp³-hybridized carbons (Fsp3) is 0.143. The summed E-state index contributed by atoms with van der Waals surface area (Å²) in [6.45, 7) is 1.48. The Bertz CT molecular complexity index is 602. The fourth-order valence-corrected chi connectivity index (χ4v) is 2.18. The van der Waals surface area contributed by atoms with Crippen LogP contribution in [0.1, 0.15) is 18.6 Å². The van der Waals surface area contributed by atoms with Gasteiger partial charge in [-0.15, -0.1) is 0 Å². The van der Waals surface area contributed by atoms with Gasteiger partial charge in [0.05, 0.1) is 16.7 Å². The highest BCUT2D eigenvalue weighted by Gasteiger charge is 2.16. The number of hydrogen-bond donors (Lipinski definition) is 1. The Hall–Kier alpha value is -1.10. The first-order chi connectivity index (χ1) is 8.99. The van der Waals surface area contributed by atoms with E-state index in [1.54, 1.807) is 24.3 Å². The SMILES string of the molecule is CC(O)c1c(F)cccc1Oc1cc(Br)ccc1Cl. The lowest BCUT2D eigenvalue weighted by molar-refractivity contribution is 0.190. The third-order valence-corrected chi connectivity index (χ3v) is 3.35. The van der Waals surface area contributed by atoms with E-state index in [0.29, 0.717) is 10.8 Å². The molecule has 1 N–H and O–H groups in total. The van der Waals surface area contributed by atoms with Crippen molar-refractivity contribution in [3.05, 3.63) is 57.3 Å². The summed E-state index contributed by atoms with van der Waals surface area (Å²) in [7, 11) is 0. The van der Waals surface area contributed by atoms with Crippen molar-refractivity contribution in [1.82, 2.24) is 0 Å². The van der Waals surface area contributed by atoms with E-state index in [0.717, 1.165) is 4.47 Å². The molecule has 19 heavy (non-hydrogen) atoms. The number of benzene rings is 2. The second kappa shape index (κ2) is 5.90. The molecule has 5 heteroatoms. The van der Waals surface area contributed by atoms with Gasteiger partial charge >= 0.3 is 0 Å². The average molecular weight is 346 g/mol. The van der Waals surface area contributed by atoms with Crippen molar-refractivity contribution in [3.8, 4) is 11.5 Å². The summed E-state index contributed by atoms with van der Waals surface area (Å²) in [4.78, 5) is 0. The highest BCUT2D eigenvalue weighted by molar-refractivity contribution is 9.10.